The molecule has 1 unspecified atom stereocenters. The Kier molecular flexibility index (Phi) is 2.44. The highest BCUT2D eigenvalue weighted by Crippen LogP contribution is 2.28. The molecule has 0 radical (unpaired) electrons. The van der Waals surface area contributed by atoms with Gasteiger partial charge in [-0.1, -0.05) is 6.07 Å². The van der Waals surface area contributed by atoms with Gasteiger partial charge in [-0.05, 0) is 37.0 Å². The summed E-state index contributed by atoms with van der Waals surface area (Å²) in [5.41, 5.74) is 2.79. The van der Waals surface area contributed by atoms with E-state index in [1.807, 2.05) is 6.07 Å². The topological polar surface area (TPSA) is 73.2 Å². The molecule has 1 aliphatic rings. The molecule has 4 nitrogen and oxygen atoms in total. The summed E-state index contributed by atoms with van der Waals surface area (Å²) < 4.78 is 27.7. The normalized spacial score (nSPS) is 18.8. The zero-order valence-corrected chi connectivity index (χ0v) is 9.36. The summed E-state index contributed by atoms with van der Waals surface area (Å²) in [5, 5.41) is 3.18. The molecule has 5 heteroatoms. The highest BCUT2D eigenvalue weighted by molar-refractivity contribution is 7.87. The van der Waals surface area contributed by atoms with Crippen LogP contribution in [-0.2, 0) is 16.4 Å². The molecule has 1 aliphatic heterocycles. The molecule has 1 atom stereocenters. The summed E-state index contributed by atoms with van der Waals surface area (Å²) in [6.07, 6.45) is 2.08. The molecule has 0 saturated carbocycles. The van der Waals surface area contributed by atoms with E-state index in [0.29, 0.717) is 0 Å². The van der Waals surface area contributed by atoms with Gasteiger partial charge in [0.15, 0.2) is 10.0 Å². The molecule has 0 fully saturated rings. The lowest BCUT2D eigenvalue weighted by Crippen LogP contribution is -2.13. The zero-order chi connectivity index (χ0) is 11.1. The first-order valence-corrected chi connectivity index (χ1v) is 6.38. The summed E-state index contributed by atoms with van der Waals surface area (Å²) in [6, 6.07) is 3.54. The lowest BCUT2D eigenvalue weighted by Gasteiger charge is -2.20. The van der Waals surface area contributed by atoms with Gasteiger partial charge in [-0.3, -0.25) is 4.55 Å². The van der Waals surface area contributed by atoms with Crippen molar-refractivity contribution in [3.05, 3.63) is 23.3 Å². The monoisotopic (exact) mass is 226 g/mol. The molecule has 1 heterocycles. The average molecular weight is 226 g/mol. The Morgan fingerprint density at radius 3 is 2.93 bits per heavy atom. The Bertz CT molecular complexity index is 494. The predicted octanol–water partition coefficient (Wildman–Crippen LogP) is 2.23. The van der Waals surface area contributed by atoms with Gasteiger partial charge in [-0.15, -0.1) is 0 Å². The third kappa shape index (κ3) is 1.98. The number of hydrogen-bond donors (Lipinski definition) is 3. The van der Waals surface area contributed by atoms with Crippen LogP contribution in [0.2, 0.25) is 0 Å². The fraction of sp³-hybridized carbons (Fsp3) is 0.400. The van der Waals surface area contributed by atoms with Crippen LogP contribution in [0.25, 0.3) is 0 Å². The summed E-state index contributed by atoms with van der Waals surface area (Å²) in [7, 11) is -3.61. The van der Waals surface area contributed by atoms with E-state index in [0.717, 1.165) is 30.6 Å². The van der Waals surface area contributed by atoms with E-state index in [2.05, 4.69) is 5.32 Å². The molecular weight excluding hydrogens is 212 g/mol. The Labute approximate surface area is 89.5 Å². The second kappa shape index (κ2) is 3.50. The van der Waals surface area contributed by atoms with Crippen molar-refractivity contribution in [2.24, 2.45) is 0 Å². The zero-order valence-electron chi connectivity index (χ0n) is 8.54. The second-order valence-electron chi connectivity index (χ2n) is 3.83. The minimum absolute atomic E-state index is 0.218. The minimum Gasteiger partial charge on any atom is -0.385 e. The average Bonchev–Trinajstić information content (AvgIpc) is 2.15. The highest BCUT2D eigenvalue weighted by Gasteiger charge is 2.15. The van der Waals surface area contributed by atoms with Gasteiger partial charge in [0.1, 0.15) is 0 Å². The van der Waals surface area contributed by atoms with Crippen LogP contribution < -0.4 is 5.32 Å². The van der Waals surface area contributed by atoms with Crippen LogP contribution in [0, 0.1) is 11.7 Å². The van der Waals surface area contributed by atoms with Crippen LogP contribution in [0.4, 0.5) is 5.69 Å². The summed E-state index contributed by atoms with van der Waals surface area (Å²) in [5.74, 6) is 0. The molecule has 0 aliphatic carbocycles. The van der Waals surface area contributed by atoms with Gasteiger partial charge in [0.2, 0.25) is 0 Å². The maximum absolute atomic E-state index is 11.3. The van der Waals surface area contributed by atoms with E-state index in [-0.39, 0.29) is 4.90 Å². The highest BCUT2D eigenvalue weighted by atomic mass is 32.2. The maximum atomic E-state index is 11.3. The van der Waals surface area contributed by atoms with E-state index in [4.69, 9.17) is 4.78 Å². The van der Waals surface area contributed by atoms with Crippen LogP contribution in [0.3, 0.4) is 0 Å². The molecule has 0 aromatic heterocycles. The Balaban J connectivity index is 2.60. The molecule has 1 aromatic rings. The van der Waals surface area contributed by atoms with E-state index in [9.17, 15) is 8.76 Å². The molecule has 0 bridgehead atoms. The maximum Gasteiger partial charge on any atom is 0.188 e. The Hall–Kier alpha value is -1.07. The molecule has 2 rings (SSSR count). The van der Waals surface area contributed by atoms with E-state index in [1.54, 1.807) is 13.0 Å². The smallest absolute Gasteiger partial charge is 0.188 e. The molecule has 15 heavy (non-hydrogen) atoms. The lowest BCUT2D eigenvalue weighted by atomic mass is 10.0. The molecule has 0 saturated heterocycles. The van der Waals surface area contributed by atoms with E-state index in [1.165, 1.54) is 5.56 Å². The van der Waals surface area contributed by atoms with Crippen LogP contribution >= 0.6 is 0 Å². The number of fused-ring (bicyclic) bond motifs is 1. The van der Waals surface area contributed by atoms with Crippen molar-refractivity contribution >= 4 is 15.7 Å². The Morgan fingerprint density at radius 2 is 2.27 bits per heavy atom. The number of aryl methyl sites for hydroxylation is 2. The largest absolute Gasteiger partial charge is 0.385 e. The summed E-state index contributed by atoms with van der Waals surface area (Å²) >= 11 is 0. The van der Waals surface area contributed by atoms with Gasteiger partial charge in [-0.25, -0.2) is 8.99 Å². The van der Waals surface area contributed by atoms with Gasteiger partial charge >= 0.3 is 0 Å². The molecular formula is C10H14N2O2S. The van der Waals surface area contributed by atoms with Gasteiger partial charge in [0.05, 0.1) is 4.90 Å². The van der Waals surface area contributed by atoms with Gasteiger partial charge < -0.3 is 5.32 Å². The van der Waals surface area contributed by atoms with Crippen LogP contribution in [0.15, 0.2) is 17.0 Å². The lowest BCUT2D eigenvalue weighted by molar-refractivity contribution is 0.547. The van der Waals surface area contributed by atoms with Crippen LogP contribution in [0.5, 0.6) is 0 Å². The molecule has 0 amide bonds. The number of nitrogens with one attached hydrogen (secondary N) is 2. The standard InChI is InChI=1S/C10H14N2O2S/c1-7-5-8-3-2-4-12-9(8)6-10(7)15(11,13)14/h5-6,12H,2-4H2,1H3,(H2,11,13,14). The first-order valence-electron chi connectivity index (χ1n) is 4.87. The van der Waals surface area contributed by atoms with Gasteiger partial charge in [0, 0.05) is 12.2 Å². The van der Waals surface area contributed by atoms with Crippen molar-refractivity contribution in [2.75, 3.05) is 11.9 Å². The van der Waals surface area contributed by atoms with Crippen molar-refractivity contribution in [2.45, 2.75) is 24.7 Å². The van der Waals surface area contributed by atoms with Crippen molar-refractivity contribution < 1.29 is 8.76 Å². The first kappa shape index (κ1) is 10.4. The number of anilines is 1. The van der Waals surface area contributed by atoms with Crippen LogP contribution in [-0.4, -0.2) is 15.3 Å². The number of rotatable bonds is 1. The Morgan fingerprint density at radius 1 is 1.53 bits per heavy atom. The predicted molar refractivity (Wildman–Crippen MR) is 59.7 cm³/mol. The minimum atomic E-state index is -3.61. The quantitative estimate of drug-likeness (QED) is 0.687. The number of hydrogen-bond acceptors (Lipinski definition) is 3. The summed E-state index contributed by atoms with van der Waals surface area (Å²) in [4.78, 5) is 0.218. The van der Waals surface area contributed by atoms with Gasteiger partial charge in [-0.2, -0.15) is 0 Å². The van der Waals surface area contributed by atoms with Crippen molar-refractivity contribution in [1.82, 2.24) is 0 Å². The molecule has 0 spiro atoms. The van der Waals surface area contributed by atoms with Crippen LogP contribution in [0.1, 0.15) is 17.5 Å². The third-order valence-corrected chi connectivity index (χ3v) is 3.67. The van der Waals surface area contributed by atoms with Crippen molar-refractivity contribution in [3.63, 3.8) is 0 Å². The molecule has 1 aromatic carbocycles. The molecule has 82 valence electrons. The molecule has 3 N–H and O–H groups in total. The fourth-order valence-corrected chi connectivity index (χ4v) is 2.69. The van der Waals surface area contributed by atoms with E-state index >= 15 is 0 Å². The number of benzene rings is 1. The van der Waals surface area contributed by atoms with E-state index < -0.39 is 10.0 Å². The van der Waals surface area contributed by atoms with Crippen molar-refractivity contribution in [1.29, 1.82) is 4.78 Å². The SMILES string of the molecule is Cc1cc2c(cc1S(=N)(=O)O)NCCC2. The first-order chi connectivity index (χ1) is 6.98. The van der Waals surface area contributed by atoms with Gasteiger partial charge in [0.25, 0.3) is 0 Å². The fourth-order valence-electron chi connectivity index (χ4n) is 1.92. The summed E-state index contributed by atoms with van der Waals surface area (Å²) in [6.45, 7) is 2.66. The van der Waals surface area contributed by atoms with Crippen molar-refractivity contribution in [3.8, 4) is 0 Å². The third-order valence-electron chi connectivity index (χ3n) is 2.64. The second-order valence-corrected chi connectivity index (χ2v) is 5.32.